The molecular formula is C22H24ClFN4O. The number of rotatable bonds is 5. The van der Waals surface area contributed by atoms with Gasteiger partial charge < -0.3 is 10.6 Å². The zero-order valence-electron chi connectivity index (χ0n) is 16.2. The lowest BCUT2D eigenvalue weighted by atomic mass is 9.99. The zero-order valence-corrected chi connectivity index (χ0v) is 17.1. The van der Waals surface area contributed by atoms with Crippen LogP contribution in [0.5, 0.6) is 0 Å². The van der Waals surface area contributed by atoms with Gasteiger partial charge in [-0.3, -0.25) is 9.48 Å². The molecule has 3 aromatic rings. The van der Waals surface area contributed by atoms with E-state index in [1.807, 2.05) is 48.0 Å². The molecule has 0 fully saturated rings. The molecule has 1 aliphatic rings. The van der Waals surface area contributed by atoms with Crippen LogP contribution in [0.1, 0.15) is 39.7 Å². The van der Waals surface area contributed by atoms with Gasteiger partial charge in [0.2, 0.25) is 0 Å². The fourth-order valence-corrected chi connectivity index (χ4v) is 3.69. The van der Waals surface area contributed by atoms with Crippen LogP contribution in [-0.2, 0) is 25.9 Å². The lowest BCUT2D eigenvalue weighted by Crippen LogP contribution is -2.25. The summed E-state index contributed by atoms with van der Waals surface area (Å²) in [6, 6.07) is 13.5. The van der Waals surface area contributed by atoms with Gasteiger partial charge in [-0.05, 0) is 42.1 Å². The molecule has 5 nitrogen and oxygen atoms in total. The molecule has 2 heterocycles. The number of benzene rings is 2. The molecule has 0 atom stereocenters. The third-order valence-corrected chi connectivity index (χ3v) is 5.16. The summed E-state index contributed by atoms with van der Waals surface area (Å²) in [5, 5.41) is 10.4. The molecule has 1 aromatic heterocycles. The van der Waals surface area contributed by atoms with Gasteiger partial charge in [0.05, 0.1) is 29.7 Å². The van der Waals surface area contributed by atoms with Crippen molar-refractivity contribution >= 4 is 24.0 Å². The highest BCUT2D eigenvalue weighted by Crippen LogP contribution is 2.25. The summed E-state index contributed by atoms with van der Waals surface area (Å²) in [6.45, 7) is 3.99. The Kier molecular flexibility index (Phi) is 6.67. The minimum absolute atomic E-state index is 0. The van der Waals surface area contributed by atoms with Gasteiger partial charge in [0.1, 0.15) is 5.82 Å². The third kappa shape index (κ3) is 4.33. The average molecular weight is 415 g/mol. The van der Waals surface area contributed by atoms with Gasteiger partial charge in [-0.1, -0.05) is 43.3 Å². The second-order valence-electron chi connectivity index (χ2n) is 6.95. The number of carbonyl (C=O) groups excluding carboxylic acids is 1. The van der Waals surface area contributed by atoms with E-state index in [2.05, 4.69) is 15.7 Å². The predicted molar refractivity (Wildman–Crippen MR) is 114 cm³/mol. The van der Waals surface area contributed by atoms with Crippen LogP contribution < -0.4 is 10.6 Å². The molecule has 7 heteroatoms. The van der Waals surface area contributed by atoms with Crippen molar-refractivity contribution in [1.29, 1.82) is 0 Å². The highest BCUT2D eigenvalue weighted by Gasteiger charge is 2.21. The molecule has 4 rings (SSSR count). The summed E-state index contributed by atoms with van der Waals surface area (Å²) in [4.78, 5) is 12.8. The molecule has 1 aliphatic heterocycles. The zero-order chi connectivity index (χ0) is 19.5. The van der Waals surface area contributed by atoms with Crippen LogP contribution in [0.25, 0.3) is 0 Å². The van der Waals surface area contributed by atoms with Gasteiger partial charge in [-0.25, -0.2) is 4.39 Å². The van der Waals surface area contributed by atoms with Crippen LogP contribution in [0.4, 0.5) is 10.1 Å². The molecule has 152 valence electrons. The maximum absolute atomic E-state index is 14.8. The van der Waals surface area contributed by atoms with E-state index in [9.17, 15) is 9.18 Å². The normalized spacial score (nSPS) is 12.8. The Balaban J connectivity index is 0.00000240. The summed E-state index contributed by atoms with van der Waals surface area (Å²) >= 11 is 0. The number of aromatic nitrogens is 2. The van der Waals surface area contributed by atoms with E-state index >= 15 is 0 Å². The average Bonchev–Trinajstić information content (AvgIpc) is 3.13. The monoisotopic (exact) mass is 414 g/mol. The van der Waals surface area contributed by atoms with Crippen molar-refractivity contribution in [3.05, 3.63) is 82.4 Å². The second-order valence-corrected chi connectivity index (χ2v) is 6.95. The van der Waals surface area contributed by atoms with Gasteiger partial charge in [0.15, 0.2) is 0 Å². The van der Waals surface area contributed by atoms with Crippen LogP contribution in [0.3, 0.4) is 0 Å². The summed E-state index contributed by atoms with van der Waals surface area (Å²) in [5.74, 6) is -0.661. The SMILES string of the molecule is CCc1c(C(=O)Nc2ccc3c(c2F)CCNC3)cnn1Cc1ccccc1.Cl. The Morgan fingerprint density at radius 1 is 1.24 bits per heavy atom. The summed E-state index contributed by atoms with van der Waals surface area (Å²) in [6.07, 6.45) is 2.85. The number of anilines is 1. The molecule has 0 radical (unpaired) electrons. The Morgan fingerprint density at radius 2 is 2.03 bits per heavy atom. The van der Waals surface area contributed by atoms with Gasteiger partial charge in [-0.2, -0.15) is 5.10 Å². The molecule has 2 N–H and O–H groups in total. The number of halogens is 2. The van der Waals surface area contributed by atoms with E-state index in [1.165, 1.54) is 0 Å². The maximum Gasteiger partial charge on any atom is 0.259 e. The van der Waals surface area contributed by atoms with Crippen LogP contribution >= 0.6 is 12.4 Å². The van der Waals surface area contributed by atoms with Crippen molar-refractivity contribution in [2.24, 2.45) is 0 Å². The minimum atomic E-state index is -0.331. The number of amides is 1. The van der Waals surface area contributed by atoms with Crippen molar-refractivity contribution in [2.75, 3.05) is 11.9 Å². The number of hydrogen-bond acceptors (Lipinski definition) is 3. The predicted octanol–water partition coefficient (Wildman–Crippen LogP) is 3.95. The van der Waals surface area contributed by atoms with Crippen LogP contribution in [0.15, 0.2) is 48.7 Å². The Morgan fingerprint density at radius 3 is 2.79 bits per heavy atom. The highest BCUT2D eigenvalue weighted by atomic mass is 35.5. The van der Waals surface area contributed by atoms with Gasteiger partial charge in [0, 0.05) is 6.54 Å². The molecule has 0 saturated carbocycles. The quantitative estimate of drug-likeness (QED) is 0.664. The van der Waals surface area contributed by atoms with E-state index in [4.69, 9.17) is 0 Å². The molecule has 0 unspecified atom stereocenters. The van der Waals surface area contributed by atoms with Gasteiger partial charge in [0.25, 0.3) is 5.91 Å². The molecule has 1 amide bonds. The van der Waals surface area contributed by atoms with Gasteiger partial charge >= 0.3 is 0 Å². The topological polar surface area (TPSA) is 59.0 Å². The molecule has 0 bridgehead atoms. The highest BCUT2D eigenvalue weighted by molar-refractivity contribution is 6.05. The first kappa shape index (κ1) is 21.0. The molecule has 0 aliphatic carbocycles. The van der Waals surface area contributed by atoms with Crippen molar-refractivity contribution in [2.45, 2.75) is 32.9 Å². The van der Waals surface area contributed by atoms with Crippen LogP contribution in [0, 0.1) is 5.82 Å². The van der Waals surface area contributed by atoms with E-state index in [1.54, 1.807) is 12.3 Å². The Labute approximate surface area is 175 Å². The van der Waals surface area contributed by atoms with E-state index in [0.29, 0.717) is 37.1 Å². The van der Waals surface area contributed by atoms with Crippen LogP contribution in [-0.4, -0.2) is 22.2 Å². The summed E-state index contributed by atoms with van der Waals surface area (Å²) in [7, 11) is 0. The standard InChI is InChI=1S/C22H23FN4O.ClH/c1-2-20-18(13-25-27(20)14-15-6-4-3-5-7-15)22(28)26-19-9-8-16-12-24-11-10-17(16)21(19)23;/h3-9,13,24H,2,10-12,14H2,1H3,(H,26,28);1H. The Hall–Kier alpha value is -2.70. The summed E-state index contributed by atoms with van der Waals surface area (Å²) < 4.78 is 16.7. The minimum Gasteiger partial charge on any atom is -0.319 e. The lowest BCUT2D eigenvalue weighted by molar-refractivity contribution is 0.102. The molecule has 2 aromatic carbocycles. The molecule has 0 saturated heterocycles. The Bertz CT molecular complexity index is 1000. The lowest BCUT2D eigenvalue weighted by Gasteiger charge is -2.19. The molecule has 0 spiro atoms. The fourth-order valence-electron chi connectivity index (χ4n) is 3.69. The fraction of sp³-hybridized carbons (Fsp3) is 0.273. The maximum atomic E-state index is 14.8. The number of nitrogens with zero attached hydrogens (tertiary/aromatic N) is 2. The van der Waals surface area contributed by atoms with Crippen molar-refractivity contribution in [3.8, 4) is 0 Å². The first-order valence-corrected chi connectivity index (χ1v) is 9.58. The number of carbonyl (C=O) groups is 1. The van der Waals surface area contributed by atoms with Crippen LogP contribution in [0.2, 0.25) is 0 Å². The number of nitrogens with one attached hydrogen (secondary N) is 2. The van der Waals surface area contributed by atoms with Crippen molar-refractivity contribution in [1.82, 2.24) is 15.1 Å². The van der Waals surface area contributed by atoms with Crippen molar-refractivity contribution in [3.63, 3.8) is 0 Å². The van der Waals surface area contributed by atoms with E-state index in [-0.39, 0.29) is 29.8 Å². The summed E-state index contributed by atoms with van der Waals surface area (Å²) in [5.41, 5.74) is 4.30. The van der Waals surface area contributed by atoms with E-state index in [0.717, 1.165) is 23.4 Å². The molecular weight excluding hydrogens is 391 g/mol. The van der Waals surface area contributed by atoms with E-state index < -0.39 is 0 Å². The van der Waals surface area contributed by atoms with Gasteiger partial charge in [-0.15, -0.1) is 12.4 Å². The number of fused-ring (bicyclic) bond motifs is 1. The third-order valence-electron chi connectivity index (χ3n) is 5.16. The van der Waals surface area contributed by atoms with Crippen molar-refractivity contribution < 1.29 is 9.18 Å². The first-order chi connectivity index (χ1) is 13.7. The molecule has 29 heavy (non-hydrogen) atoms. The largest absolute Gasteiger partial charge is 0.319 e. The number of hydrogen-bond donors (Lipinski definition) is 2. The smallest absolute Gasteiger partial charge is 0.259 e. The first-order valence-electron chi connectivity index (χ1n) is 9.58. The second kappa shape index (κ2) is 9.20.